The molecule has 1 aliphatic heterocycles. The third-order valence-corrected chi connectivity index (χ3v) is 4.06. The molecule has 0 N–H and O–H groups in total. The van der Waals surface area contributed by atoms with E-state index in [4.69, 9.17) is 25.8 Å². The molecule has 24 heavy (non-hydrogen) atoms. The van der Waals surface area contributed by atoms with Crippen molar-refractivity contribution in [2.45, 2.75) is 20.0 Å². The van der Waals surface area contributed by atoms with Crippen LogP contribution in [-0.4, -0.2) is 60.4 Å². The molecule has 130 valence electrons. The van der Waals surface area contributed by atoms with Gasteiger partial charge >= 0.3 is 0 Å². The summed E-state index contributed by atoms with van der Waals surface area (Å²) in [5.41, 5.74) is 0.717. The van der Waals surface area contributed by atoms with Crippen molar-refractivity contribution >= 4 is 22.5 Å². The lowest BCUT2D eigenvalue weighted by atomic mass is 10.2. The Kier molecular flexibility index (Phi) is 5.71. The molecule has 0 bridgehead atoms. The van der Waals surface area contributed by atoms with Gasteiger partial charge in [0, 0.05) is 31.8 Å². The number of benzene rings is 1. The predicted molar refractivity (Wildman–Crippen MR) is 93.1 cm³/mol. The van der Waals surface area contributed by atoms with Gasteiger partial charge < -0.3 is 14.2 Å². The lowest BCUT2D eigenvalue weighted by Crippen LogP contribution is -2.38. The van der Waals surface area contributed by atoms with E-state index in [2.05, 4.69) is 14.9 Å². The van der Waals surface area contributed by atoms with Gasteiger partial charge in [-0.1, -0.05) is 11.6 Å². The zero-order valence-corrected chi connectivity index (χ0v) is 14.8. The van der Waals surface area contributed by atoms with Gasteiger partial charge in [-0.3, -0.25) is 4.90 Å². The summed E-state index contributed by atoms with van der Waals surface area (Å²) in [6.07, 6.45) is 1.47. The van der Waals surface area contributed by atoms with E-state index in [-0.39, 0.29) is 6.10 Å². The molecule has 1 aromatic carbocycles. The second-order valence-corrected chi connectivity index (χ2v) is 6.31. The molecule has 1 fully saturated rings. The molecule has 0 saturated carbocycles. The van der Waals surface area contributed by atoms with Crippen molar-refractivity contribution in [3.8, 4) is 11.5 Å². The van der Waals surface area contributed by atoms with Gasteiger partial charge in [-0.25, -0.2) is 9.97 Å². The number of halogens is 1. The van der Waals surface area contributed by atoms with Crippen LogP contribution in [0.5, 0.6) is 11.5 Å². The summed E-state index contributed by atoms with van der Waals surface area (Å²) >= 11 is 6.21. The van der Waals surface area contributed by atoms with Gasteiger partial charge in [-0.05, 0) is 13.8 Å². The summed E-state index contributed by atoms with van der Waals surface area (Å²) in [5, 5.41) is 1.10. The maximum Gasteiger partial charge on any atom is 0.144 e. The average molecular weight is 352 g/mol. The number of rotatable bonds is 6. The predicted octanol–water partition coefficient (Wildman–Crippen LogP) is 2.78. The molecule has 3 rings (SSSR count). The van der Waals surface area contributed by atoms with E-state index in [1.165, 1.54) is 6.33 Å². The largest absolute Gasteiger partial charge is 0.492 e. The minimum atomic E-state index is 0.0214. The summed E-state index contributed by atoms with van der Waals surface area (Å²) in [6.45, 7) is 8.88. The number of fused-ring (bicyclic) bond motifs is 1. The van der Waals surface area contributed by atoms with Crippen LogP contribution in [0.25, 0.3) is 10.9 Å². The van der Waals surface area contributed by atoms with Gasteiger partial charge in [0.15, 0.2) is 0 Å². The maximum absolute atomic E-state index is 6.21. The molecule has 1 aromatic heterocycles. The molecule has 0 unspecified atom stereocenters. The normalized spacial score (nSPS) is 15.8. The molecule has 0 aliphatic carbocycles. The van der Waals surface area contributed by atoms with Crippen LogP contribution in [0.4, 0.5) is 0 Å². The number of hydrogen-bond donors (Lipinski definition) is 0. The quantitative estimate of drug-likeness (QED) is 0.746. The van der Waals surface area contributed by atoms with E-state index in [0.717, 1.165) is 44.1 Å². The Balaban J connectivity index is 1.75. The first-order valence-electron chi connectivity index (χ1n) is 8.17. The van der Waals surface area contributed by atoms with Crippen LogP contribution in [0.1, 0.15) is 13.8 Å². The van der Waals surface area contributed by atoms with Crippen LogP contribution in [0.3, 0.4) is 0 Å². The highest BCUT2D eigenvalue weighted by Gasteiger charge is 2.14. The fraction of sp³-hybridized carbons (Fsp3) is 0.529. The van der Waals surface area contributed by atoms with Gasteiger partial charge in [0.1, 0.15) is 29.6 Å². The molecular weight excluding hydrogens is 330 g/mol. The number of hydrogen-bond acceptors (Lipinski definition) is 6. The van der Waals surface area contributed by atoms with Crippen LogP contribution in [-0.2, 0) is 4.74 Å². The minimum Gasteiger partial charge on any atom is -0.492 e. The summed E-state index contributed by atoms with van der Waals surface area (Å²) < 4.78 is 17.1. The highest BCUT2D eigenvalue weighted by atomic mass is 35.5. The summed E-state index contributed by atoms with van der Waals surface area (Å²) in [5.74, 6) is 1.37. The Morgan fingerprint density at radius 2 is 2.04 bits per heavy atom. The van der Waals surface area contributed by atoms with Crippen molar-refractivity contribution in [1.29, 1.82) is 0 Å². The standard InChI is InChI=1S/C17H22ClN3O3/c1-12(2)24-15-10-13(9-14-16(15)17(18)20-11-19-14)23-8-5-21-3-6-22-7-4-21/h9-12H,3-8H2,1-2H3. The van der Waals surface area contributed by atoms with Gasteiger partial charge in [0.2, 0.25) is 0 Å². The van der Waals surface area contributed by atoms with Gasteiger partial charge in [0.25, 0.3) is 0 Å². The zero-order chi connectivity index (χ0) is 16.9. The molecule has 0 spiro atoms. The third kappa shape index (κ3) is 4.26. The second-order valence-electron chi connectivity index (χ2n) is 5.95. The molecule has 0 atom stereocenters. The molecule has 6 nitrogen and oxygen atoms in total. The Morgan fingerprint density at radius 1 is 1.25 bits per heavy atom. The first-order chi connectivity index (χ1) is 11.6. The minimum absolute atomic E-state index is 0.0214. The molecule has 2 aromatic rings. The van der Waals surface area contributed by atoms with Gasteiger partial charge in [-0.15, -0.1) is 0 Å². The van der Waals surface area contributed by atoms with Crippen molar-refractivity contribution < 1.29 is 14.2 Å². The molecule has 2 heterocycles. The molecule has 0 amide bonds. The van der Waals surface area contributed by atoms with E-state index >= 15 is 0 Å². The number of aromatic nitrogens is 2. The molecular formula is C17H22ClN3O3. The maximum atomic E-state index is 6.21. The lowest BCUT2D eigenvalue weighted by molar-refractivity contribution is 0.0322. The van der Waals surface area contributed by atoms with Crippen LogP contribution < -0.4 is 9.47 Å². The molecule has 1 aliphatic rings. The Hall–Kier alpha value is -1.63. The number of ether oxygens (including phenoxy) is 3. The van der Waals surface area contributed by atoms with Crippen molar-refractivity contribution in [2.24, 2.45) is 0 Å². The smallest absolute Gasteiger partial charge is 0.144 e. The Labute approximate surface area is 146 Å². The van der Waals surface area contributed by atoms with Gasteiger partial charge in [-0.2, -0.15) is 0 Å². The first-order valence-corrected chi connectivity index (χ1v) is 8.55. The van der Waals surface area contributed by atoms with E-state index in [1.807, 2.05) is 26.0 Å². The number of nitrogens with zero attached hydrogens (tertiary/aromatic N) is 3. The van der Waals surface area contributed by atoms with Crippen molar-refractivity contribution in [1.82, 2.24) is 14.9 Å². The zero-order valence-electron chi connectivity index (χ0n) is 14.0. The first kappa shape index (κ1) is 17.2. The molecule has 0 radical (unpaired) electrons. The Morgan fingerprint density at radius 3 is 2.79 bits per heavy atom. The monoisotopic (exact) mass is 351 g/mol. The van der Waals surface area contributed by atoms with E-state index in [9.17, 15) is 0 Å². The van der Waals surface area contributed by atoms with Crippen LogP contribution in [0.15, 0.2) is 18.5 Å². The van der Waals surface area contributed by atoms with Crippen LogP contribution in [0, 0.1) is 0 Å². The van der Waals surface area contributed by atoms with E-state index in [1.54, 1.807) is 0 Å². The average Bonchev–Trinajstić information content (AvgIpc) is 2.55. The molecule has 1 saturated heterocycles. The van der Waals surface area contributed by atoms with Crippen molar-refractivity contribution in [3.63, 3.8) is 0 Å². The summed E-state index contributed by atoms with van der Waals surface area (Å²) in [6, 6.07) is 3.73. The second kappa shape index (κ2) is 7.96. The fourth-order valence-electron chi connectivity index (χ4n) is 2.64. The fourth-order valence-corrected chi connectivity index (χ4v) is 2.87. The third-order valence-electron chi connectivity index (χ3n) is 3.77. The Bertz CT molecular complexity index is 690. The van der Waals surface area contributed by atoms with Crippen molar-refractivity contribution in [2.75, 3.05) is 39.5 Å². The van der Waals surface area contributed by atoms with E-state index < -0.39 is 0 Å². The topological polar surface area (TPSA) is 56.7 Å². The highest BCUT2D eigenvalue weighted by molar-refractivity contribution is 6.34. The number of morpholine rings is 1. The van der Waals surface area contributed by atoms with E-state index in [0.29, 0.717) is 22.9 Å². The van der Waals surface area contributed by atoms with Gasteiger partial charge in [0.05, 0.1) is 30.2 Å². The van der Waals surface area contributed by atoms with Crippen molar-refractivity contribution in [3.05, 3.63) is 23.6 Å². The summed E-state index contributed by atoms with van der Waals surface area (Å²) in [7, 11) is 0. The molecule has 7 heteroatoms. The lowest BCUT2D eigenvalue weighted by Gasteiger charge is -2.26. The van der Waals surface area contributed by atoms with Crippen LogP contribution >= 0.6 is 11.6 Å². The summed E-state index contributed by atoms with van der Waals surface area (Å²) in [4.78, 5) is 10.7. The van der Waals surface area contributed by atoms with Crippen LogP contribution in [0.2, 0.25) is 5.15 Å². The highest BCUT2D eigenvalue weighted by Crippen LogP contribution is 2.34. The SMILES string of the molecule is CC(C)Oc1cc(OCCN2CCOCC2)cc2ncnc(Cl)c12.